The maximum Gasteiger partial charge on any atom is 0.243 e. The highest BCUT2D eigenvalue weighted by Crippen LogP contribution is 2.19. The molecular weight excluding hydrogens is 378 g/mol. The van der Waals surface area contributed by atoms with Crippen LogP contribution in [-0.4, -0.2) is 32.4 Å². The number of hydrogen-bond donors (Lipinski definition) is 3. The van der Waals surface area contributed by atoms with E-state index in [9.17, 15) is 9.59 Å². The van der Waals surface area contributed by atoms with Gasteiger partial charge in [-0.2, -0.15) is 0 Å². The average molecular weight is 403 g/mol. The van der Waals surface area contributed by atoms with Gasteiger partial charge in [0.05, 0.1) is 17.6 Å². The molecule has 7 heteroatoms. The number of fused-ring (bicyclic) bond motifs is 2. The van der Waals surface area contributed by atoms with Crippen molar-refractivity contribution in [2.24, 2.45) is 0 Å². The van der Waals surface area contributed by atoms with Gasteiger partial charge in [0.15, 0.2) is 0 Å². The third kappa shape index (κ3) is 3.91. The Balaban J connectivity index is 1.52. The molecule has 2 heterocycles. The van der Waals surface area contributed by atoms with Gasteiger partial charge in [-0.3, -0.25) is 9.59 Å². The highest BCUT2D eigenvalue weighted by atomic mass is 16.2. The number of hydrogen-bond acceptors (Lipinski definition) is 3. The van der Waals surface area contributed by atoms with Gasteiger partial charge in [-0.25, -0.2) is 4.98 Å². The number of nitrogens with one attached hydrogen (secondary N) is 3. The van der Waals surface area contributed by atoms with Crippen molar-refractivity contribution in [3.63, 3.8) is 0 Å². The second-order valence-electron chi connectivity index (χ2n) is 7.30. The summed E-state index contributed by atoms with van der Waals surface area (Å²) in [4.78, 5) is 32.5. The maximum absolute atomic E-state index is 13.0. The van der Waals surface area contributed by atoms with Gasteiger partial charge in [0, 0.05) is 37.0 Å². The fraction of sp³-hybridized carbons (Fsp3) is 0.261. The predicted octanol–water partition coefficient (Wildman–Crippen LogP) is 2.90. The molecule has 7 nitrogen and oxygen atoms in total. The van der Waals surface area contributed by atoms with E-state index in [1.165, 1.54) is 6.92 Å². The van der Waals surface area contributed by atoms with Crippen molar-refractivity contribution < 1.29 is 9.59 Å². The van der Waals surface area contributed by atoms with Crippen LogP contribution in [0.3, 0.4) is 0 Å². The van der Waals surface area contributed by atoms with Crippen LogP contribution in [0.5, 0.6) is 0 Å². The molecule has 2 amide bonds. The van der Waals surface area contributed by atoms with Gasteiger partial charge in [0.1, 0.15) is 11.9 Å². The normalized spacial score (nSPS) is 12.2. The van der Waals surface area contributed by atoms with Crippen LogP contribution in [0.1, 0.15) is 25.2 Å². The number of para-hydroxylation sites is 3. The van der Waals surface area contributed by atoms with Gasteiger partial charge in [-0.05, 0) is 30.7 Å². The molecular formula is C23H25N5O2. The molecule has 0 spiro atoms. The first-order valence-electron chi connectivity index (χ1n) is 10.1. The first kappa shape index (κ1) is 19.7. The SMILES string of the molecule is CCn1c(CNC(=O)C(Cc2c[nH]c3ccccc23)NC(C)=O)nc2ccccc21. The van der Waals surface area contributed by atoms with E-state index in [1.807, 2.05) is 54.7 Å². The minimum absolute atomic E-state index is 0.231. The average Bonchev–Trinajstić information content (AvgIpc) is 3.32. The maximum atomic E-state index is 13.0. The van der Waals surface area contributed by atoms with Crippen LogP contribution in [-0.2, 0) is 29.1 Å². The van der Waals surface area contributed by atoms with Gasteiger partial charge in [0.2, 0.25) is 11.8 Å². The monoisotopic (exact) mass is 403 g/mol. The Labute approximate surface area is 174 Å². The molecule has 4 aromatic rings. The lowest BCUT2D eigenvalue weighted by Crippen LogP contribution is -2.47. The molecule has 1 unspecified atom stereocenters. The molecule has 0 fully saturated rings. The van der Waals surface area contributed by atoms with E-state index in [0.717, 1.165) is 39.9 Å². The number of rotatable bonds is 7. The zero-order chi connectivity index (χ0) is 21.1. The van der Waals surface area contributed by atoms with Crippen molar-refractivity contribution in [1.82, 2.24) is 25.2 Å². The lowest BCUT2D eigenvalue weighted by atomic mass is 10.0. The van der Waals surface area contributed by atoms with E-state index in [1.54, 1.807) is 0 Å². The predicted molar refractivity (Wildman–Crippen MR) is 117 cm³/mol. The molecule has 0 saturated heterocycles. The second kappa shape index (κ2) is 8.41. The van der Waals surface area contributed by atoms with Gasteiger partial charge < -0.3 is 20.2 Å². The molecule has 3 N–H and O–H groups in total. The summed E-state index contributed by atoms with van der Waals surface area (Å²) in [5.41, 5.74) is 3.94. The van der Waals surface area contributed by atoms with E-state index >= 15 is 0 Å². The van der Waals surface area contributed by atoms with E-state index < -0.39 is 6.04 Å². The number of carbonyl (C=O) groups is 2. The third-order valence-corrected chi connectivity index (χ3v) is 5.26. The molecule has 2 aromatic heterocycles. The van der Waals surface area contributed by atoms with Crippen molar-refractivity contribution in [2.45, 2.75) is 39.4 Å². The van der Waals surface area contributed by atoms with E-state index in [2.05, 4.69) is 32.1 Å². The Hall–Kier alpha value is -3.61. The van der Waals surface area contributed by atoms with E-state index in [0.29, 0.717) is 13.0 Å². The van der Waals surface area contributed by atoms with Gasteiger partial charge in [0.25, 0.3) is 0 Å². The van der Waals surface area contributed by atoms with Crippen molar-refractivity contribution in [2.75, 3.05) is 0 Å². The van der Waals surface area contributed by atoms with Crippen molar-refractivity contribution in [1.29, 1.82) is 0 Å². The fourth-order valence-corrected chi connectivity index (χ4v) is 3.88. The zero-order valence-electron chi connectivity index (χ0n) is 17.1. The molecule has 4 rings (SSSR count). The van der Waals surface area contributed by atoms with Gasteiger partial charge in [-0.1, -0.05) is 30.3 Å². The second-order valence-corrected chi connectivity index (χ2v) is 7.30. The first-order valence-corrected chi connectivity index (χ1v) is 10.1. The quantitative estimate of drug-likeness (QED) is 0.443. The number of H-pyrrole nitrogens is 1. The minimum atomic E-state index is -0.666. The molecule has 0 aliphatic rings. The highest BCUT2D eigenvalue weighted by Gasteiger charge is 2.22. The smallest absolute Gasteiger partial charge is 0.243 e. The highest BCUT2D eigenvalue weighted by molar-refractivity contribution is 5.89. The number of aromatic amines is 1. The molecule has 0 saturated carbocycles. The Morgan fingerprint density at radius 2 is 1.90 bits per heavy atom. The van der Waals surface area contributed by atoms with Crippen LogP contribution in [0.25, 0.3) is 21.9 Å². The number of imidazole rings is 1. The Kier molecular flexibility index (Phi) is 5.52. The molecule has 30 heavy (non-hydrogen) atoms. The van der Waals surface area contributed by atoms with Crippen LogP contribution in [0, 0.1) is 0 Å². The molecule has 2 aromatic carbocycles. The van der Waals surface area contributed by atoms with E-state index in [4.69, 9.17) is 0 Å². The molecule has 1 atom stereocenters. The number of nitrogens with zero attached hydrogens (tertiary/aromatic N) is 2. The zero-order valence-corrected chi connectivity index (χ0v) is 17.1. The molecule has 0 aliphatic heterocycles. The Bertz CT molecular complexity index is 1210. The summed E-state index contributed by atoms with van der Waals surface area (Å²) in [6.45, 7) is 4.53. The molecule has 0 aliphatic carbocycles. The summed E-state index contributed by atoms with van der Waals surface area (Å²) in [5.74, 6) is 0.321. The summed E-state index contributed by atoms with van der Waals surface area (Å²) in [6.07, 6.45) is 2.29. The molecule has 154 valence electrons. The first-order chi connectivity index (χ1) is 14.6. The summed E-state index contributed by atoms with van der Waals surface area (Å²) in [6, 6.07) is 15.2. The van der Waals surface area contributed by atoms with E-state index in [-0.39, 0.29) is 11.8 Å². The lowest BCUT2D eigenvalue weighted by molar-refractivity contribution is -0.128. The van der Waals surface area contributed by atoms with Crippen LogP contribution in [0.15, 0.2) is 54.7 Å². The Morgan fingerprint density at radius 3 is 2.70 bits per heavy atom. The lowest BCUT2D eigenvalue weighted by Gasteiger charge is -2.17. The summed E-state index contributed by atoms with van der Waals surface area (Å²) in [7, 11) is 0. The third-order valence-electron chi connectivity index (χ3n) is 5.26. The van der Waals surface area contributed by atoms with Crippen LogP contribution >= 0.6 is 0 Å². The largest absolute Gasteiger partial charge is 0.361 e. The van der Waals surface area contributed by atoms with Crippen molar-refractivity contribution in [3.8, 4) is 0 Å². The topological polar surface area (TPSA) is 91.8 Å². The molecule has 0 bridgehead atoms. The van der Waals surface area contributed by atoms with Gasteiger partial charge in [-0.15, -0.1) is 0 Å². The summed E-state index contributed by atoms with van der Waals surface area (Å²) < 4.78 is 2.09. The molecule has 0 radical (unpaired) electrons. The minimum Gasteiger partial charge on any atom is -0.361 e. The van der Waals surface area contributed by atoms with Crippen LogP contribution in [0.4, 0.5) is 0 Å². The van der Waals surface area contributed by atoms with Crippen LogP contribution < -0.4 is 10.6 Å². The number of carbonyl (C=O) groups excluding carboxylic acids is 2. The van der Waals surface area contributed by atoms with Gasteiger partial charge >= 0.3 is 0 Å². The number of benzene rings is 2. The van der Waals surface area contributed by atoms with Crippen LogP contribution in [0.2, 0.25) is 0 Å². The summed E-state index contributed by atoms with van der Waals surface area (Å²) >= 11 is 0. The number of aryl methyl sites for hydroxylation is 1. The van der Waals surface area contributed by atoms with Crippen molar-refractivity contribution >= 4 is 33.8 Å². The fourth-order valence-electron chi connectivity index (χ4n) is 3.88. The summed E-state index contributed by atoms with van der Waals surface area (Å²) in [5, 5.41) is 6.78. The Morgan fingerprint density at radius 1 is 1.13 bits per heavy atom. The number of aromatic nitrogens is 3. The number of amides is 2. The van der Waals surface area contributed by atoms with Crippen molar-refractivity contribution in [3.05, 3.63) is 66.1 Å². The standard InChI is InChI=1S/C23H25N5O2/c1-3-28-21-11-7-6-10-19(21)27-22(28)14-25-23(30)20(26-15(2)29)12-16-13-24-18-9-5-4-8-17(16)18/h4-11,13,20,24H,3,12,14H2,1-2H3,(H,25,30)(H,26,29).